The van der Waals surface area contributed by atoms with Crippen molar-refractivity contribution in [1.82, 2.24) is 4.90 Å². The molecule has 92 valence electrons. The molecule has 0 aliphatic carbocycles. The summed E-state index contributed by atoms with van der Waals surface area (Å²) in [5.41, 5.74) is 8.30. The van der Waals surface area contributed by atoms with Crippen molar-refractivity contribution in [2.45, 2.75) is 39.9 Å². The molecule has 0 radical (unpaired) electrons. The van der Waals surface area contributed by atoms with Crippen molar-refractivity contribution in [3.05, 3.63) is 35.4 Å². The van der Waals surface area contributed by atoms with E-state index in [-0.39, 0.29) is 11.3 Å². The zero-order valence-corrected chi connectivity index (χ0v) is 10.7. The molecule has 0 unspecified atom stereocenters. The van der Waals surface area contributed by atoms with Gasteiger partial charge in [0.05, 0.1) is 6.04 Å². The summed E-state index contributed by atoms with van der Waals surface area (Å²) in [7, 11) is 0. The summed E-state index contributed by atoms with van der Waals surface area (Å²) in [6, 6.07) is 7.74. The number of carbonyl (C=O) groups excluding carboxylic acids is 1. The van der Waals surface area contributed by atoms with E-state index in [4.69, 9.17) is 5.73 Å². The van der Waals surface area contributed by atoms with Crippen molar-refractivity contribution in [2.75, 3.05) is 0 Å². The van der Waals surface area contributed by atoms with Crippen LogP contribution in [0.2, 0.25) is 0 Å². The summed E-state index contributed by atoms with van der Waals surface area (Å²) in [6.07, 6.45) is 0. The SMILES string of the molecule is CC(C)(C)[C@H](N)C(=O)N1Cc2ccccc2C1. The number of hydrogen-bond donors (Lipinski definition) is 1. The highest BCUT2D eigenvalue weighted by molar-refractivity contribution is 5.83. The van der Waals surface area contributed by atoms with Crippen molar-refractivity contribution < 1.29 is 4.79 Å². The molecule has 0 aromatic heterocycles. The van der Waals surface area contributed by atoms with E-state index in [1.54, 1.807) is 0 Å². The average Bonchev–Trinajstić information content (AvgIpc) is 2.69. The van der Waals surface area contributed by atoms with E-state index in [9.17, 15) is 4.79 Å². The molecular weight excluding hydrogens is 212 g/mol. The number of carbonyl (C=O) groups is 1. The second kappa shape index (κ2) is 4.15. The first-order valence-electron chi connectivity index (χ1n) is 6.01. The van der Waals surface area contributed by atoms with Gasteiger partial charge in [-0.05, 0) is 16.5 Å². The van der Waals surface area contributed by atoms with Crippen LogP contribution in [0.3, 0.4) is 0 Å². The third-order valence-electron chi connectivity index (χ3n) is 3.35. The van der Waals surface area contributed by atoms with Gasteiger partial charge in [-0.1, -0.05) is 45.0 Å². The van der Waals surface area contributed by atoms with Gasteiger partial charge in [0.25, 0.3) is 0 Å². The number of rotatable bonds is 1. The van der Waals surface area contributed by atoms with Crippen LogP contribution < -0.4 is 5.73 Å². The number of nitrogens with two attached hydrogens (primary N) is 1. The molecule has 0 saturated carbocycles. The van der Waals surface area contributed by atoms with Gasteiger partial charge in [0.15, 0.2) is 0 Å². The zero-order chi connectivity index (χ0) is 12.6. The van der Waals surface area contributed by atoms with Gasteiger partial charge in [-0.25, -0.2) is 0 Å². The Hall–Kier alpha value is -1.35. The Labute approximate surface area is 103 Å². The van der Waals surface area contributed by atoms with Gasteiger partial charge >= 0.3 is 0 Å². The van der Waals surface area contributed by atoms with Crippen molar-refractivity contribution in [3.63, 3.8) is 0 Å². The Morgan fingerprint density at radius 3 is 2.12 bits per heavy atom. The van der Waals surface area contributed by atoms with Crippen molar-refractivity contribution >= 4 is 5.91 Å². The molecule has 17 heavy (non-hydrogen) atoms. The summed E-state index contributed by atoms with van der Waals surface area (Å²) in [5.74, 6) is 0.0497. The lowest BCUT2D eigenvalue weighted by Crippen LogP contribution is -2.48. The van der Waals surface area contributed by atoms with Crippen LogP contribution in [0.15, 0.2) is 24.3 Å². The lowest BCUT2D eigenvalue weighted by atomic mass is 9.86. The molecule has 2 N–H and O–H groups in total. The summed E-state index contributed by atoms with van der Waals surface area (Å²) in [4.78, 5) is 14.1. The molecule has 2 rings (SSSR count). The lowest BCUT2D eigenvalue weighted by molar-refractivity contribution is -0.135. The predicted octanol–water partition coefficient (Wildman–Crippen LogP) is 1.90. The van der Waals surface area contributed by atoms with Gasteiger partial charge in [-0.15, -0.1) is 0 Å². The Bertz CT molecular complexity index is 409. The van der Waals surface area contributed by atoms with E-state index in [2.05, 4.69) is 12.1 Å². The van der Waals surface area contributed by atoms with Crippen LogP contribution in [0, 0.1) is 5.41 Å². The molecular formula is C14H20N2O. The summed E-state index contributed by atoms with van der Waals surface area (Å²) < 4.78 is 0. The Kier molecular flexibility index (Phi) is 2.96. The highest BCUT2D eigenvalue weighted by Crippen LogP contribution is 2.26. The molecule has 1 aliphatic rings. The summed E-state index contributed by atoms with van der Waals surface area (Å²) >= 11 is 0. The van der Waals surface area contributed by atoms with E-state index in [1.165, 1.54) is 11.1 Å². The Morgan fingerprint density at radius 1 is 1.24 bits per heavy atom. The molecule has 0 fully saturated rings. The monoisotopic (exact) mass is 232 g/mol. The van der Waals surface area contributed by atoms with E-state index < -0.39 is 6.04 Å². The highest BCUT2D eigenvalue weighted by Gasteiger charge is 2.33. The number of amides is 1. The van der Waals surface area contributed by atoms with Crippen LogP contribution >= 0.6 is 0 Å². The van der Waals surface area contributed by atoms with Crippen LogP contribution in [0.25, 0.3) is 0 Å². The smallest absolute Gasteiger partial charge is 0.240 e. The number of fused-ring (bicyclic) bond motifs is 1. The van der Waals surface area contributed by atoms with Crippen molar-refractivity contribution in [2.24, 2.45) is 11.1 Å². The van der Waals surface area contributed by atoms with Crippen molar-refractivity contribution in [1.29, 1.82) is 0 Å². The molecule has 0 spiro atoms. The van der Waals surface area contributed by atoms with E-state index in [1.807, 2.05) is 37.8 Å². The van der Waals surface area contributed by atoms with Gasteiger partial charge in [0, 0.05) is 13.1 Å². The third-order valence-corrected chi connectivity index (χ3v) is 3.35. The van der Waals surface area contributed by atoms with Gasteiger partial charge in [-0.3, -0.25) is 4.79 Å². The fourth-order valence-electron chi connectivity index (χ4n) is 2.06. The maximum atomic E-state index is 12.3. The summed E-state index contributed by atoms with van der Waals surface area (Å²) in [6.45, 7) is 7.38. The minimum absolute atomic E-state index is 0.0497. The van der Waals surface area contributed by atoms with Gasteiger partial charge in [0.2, 0.25) is 5.91 Å². The van der Waals surface area contributed by atoms with Crippen LogP contribution in [-0.2, 0) is 17.9 Å². The fraction of sp³-hybridized carbons (Fsp3) is 0.500. The van der Waals surface area contributed by atoms with Crippen LogP contribution in [0.4, 0.5) is 0 Å². The second-order valence-corrected chi connectivity index (χ2v) is 5.81. The second-order valence-electron chi connectivity index (χ2n) is 5.81. The van der Waals surface area contributed by atoms with Crippen LogP contribution in [0.5, 0.6) is 0 Å². The molecule has 1 amide bonds. The number of hydrogen-bond acceptors (Lipinski definition) is 2. The van der Waals surface area contributed by atoms with Gasteiger partial charge in [-0.2, -0.15) is 0 Å². The highest BCUT2D eigenvalue weighted by atomic mass is 16.2. The molecule has 1 atom stereocenters. The van der Waals surface area contributed by atoms with Crippen LogP contribution in [-0.4, -0.2) is 16.8 Å². The summed E-state index contributed by atoms with van der Waals surface area (Å²) in [5, 5.41) is 0. The number of benzene rings is 1. The Morgan fingerprint density at radius 2 is 1.71 bits per heavy atom. The van der Waals surface area contributed by atoms with Crippen LogP contribution in [0.1, 0.15) is 31.9 Å². The molecule has 0 saturated heterocycles. The molecule has 1 aliphatic heterocycles. The third kappa shape index (κ3) is 2.34. The predicted molar refractivity (Wildman–Crippen MR) is 68.1 cm³/mol. The maximum Gasteiger partial charge on any atom is 0.240 e. The minimum Gasteiger partial charge on any atom is -0.333 e. The maximum absolute atomic E-state index is 12.3. The minimum atomic E-state index is -0.434. The first-order valence-corrected chi connectivity index (χ1v) is 6.01. The standard InChI is InChI=1S/C14H20N2O/c1-14(2,3)12(15)13(17)16-8-10-6-4-5-7-11(10)9-16/h4-7,12H,8-9,15H2,1-3H3/t12-/m1/s1. The molecule has 3 nitrogen and oxygen atoms in total. The topological polar surface area (TPSA) is 46.3 Å². The van der Waals surface area contributed by atoms with E-state index in [0.29, 0.717) is 13.1 Å². The Balaban J connectivity index is 2.11. The first-order chi connectivity index (χ1) is 7.89. The van der Waals surface area contributed by atoms with E-state index >= 15 is 0 Å². The molecule has 0 bridgehead atoms. The quantitative estimate of drug-likeness (QED) is 0.804. The first kappa shape index (κ1) is 12.1. The average molecular weight is 232 g/mol. The normalized spacial score (nSPS) is 16.8. The molecule has 1 heterocycles. The molecule has 1 aromatic carbocycles. The van der Waals surface area contributed by atoms with Gasteiger partial charge in [0.1, 0.15) is 0 Å². The molecule has 1 aromatic rings. The largest absolute Gasteiger partial charge is 0.333 e. The van der Waals surface area contributed by atoms with E-state index in [0.717, 1.165) is 0 Å². The lowest BCUT2D eigenvalue weighted by Gasteiger charge is -2.29. The zero-order valence-electron chi connectivity index (χ0n) is 10.7. The molecule has 3 heteroatoms. The van der Waals surface area contributed by atoms with Gasteiger partial charge < -0.3 is 10.6 Å². The van der Waals surface area contributed by atoms with Crippen molar-refractivity contribution in [3.8, 4) is 0 Å². The fourth-order valence-corrected chi connectivity index (χ4v) is 2.06. The number of nitrogens with zero attached hydrogens (tertiary/aromatic N) is 1.